The molecule has 0 amide bonds. The molecule has 0 radical (unpaired) electrons. The molecule has 0 spiro atoms. The Hall–Kier alpha value is -1.80. The third kappa shape index (κ3) is 4.48. The standard InChI is InChI=1S/C24H34N2/c1-4-19(3)20-12-15-26(16-13-20)14-6-5-7-23-22-10-8-18(2)17-21(22)9-11-24(23)25/h4,8,10,12H,2,5-7,9,11,13-17,25H2,1,3H3/b19-4+. The van der Waals surface area contributed by atoms with Crippen molar-refractivity contribution in [3.05, 3.63) is 70.0 Å². The van der Waals surface area contributed by atoms with Gasteiger partial charge in [0.05, 0.1) is 0 Å². The third-order valence-electron chi connectivity index (χ3n) is 6.10. The predicted octanol–water partition coefficient (Wildman–Crippen LogP) is 5.57. The minimum absolute atomic E-state index is 1.03. The minimum atomic E-state index is 1.03. The summed E-state index contributed by atoms with van der Waals surface area (Å²) >= 11 is 0. The first kappa shape index (κ1) is 19.0. The molecule has 140 valence electrons. The lowest BCUT2D eigenvalue weighted by Crippen LogP contribution is -2.30. The summed E-state index contributed by atoms with van der Waals surface area (Å²) in [5.74, 6) is 0. The normalized spacial score (nSPS) is 22.0. The Morgan fingerprint density at radius 3 is 2.81 bits per heavy atom. The first-order chi connectivity index (χ1) is 12.6. The SMILES string of the molecule is C=C1C=CC2=C(CCC(N)=C2CCCCN2CC=C(/C(C)=C/C)CC2)C1. The molecule has 2 N–H and O–H groups in total. The van der Waals surface area contributed by atoms with E-state index < -0.39 is 0 Å². The minimum Gasteiger partial charge on any atom is -0.402 e. The van der Waals surface area contributed by atoms with Crippen molar-refractivity contribution in [1.82, 2.24) is 4.90 Å². The van der Waals surface area contributed by atoms with Crippen molar-refractivity contribution < 1.29 is 0 Å². The van der Waals surface area contributed by atoms with E-state index in [9.17, 15) is 0 Å². The van der Waals surface area contributed by atoms with Crippen LogP contribution in [0.2, 0.25) is 0 Å². The van der Waals surface area contributed by atoms with Crippen molar-refractivity contribution in [2.45, 2.75) is 58.8 Å². The molecular weight excluding hydrogens is 316 g/mol. The van der Waals surface area contributed by atoms with E-state index in [1.807, 2.05) is 0 Å². The Kier molecular flexibility index (Phi) is 6.37. The molecule has 0 atom stereocenters. The summed E-state index contributed by atoms with van der Waals surface area (Å²) in [7, 11) is 0. The highest BCUT2D eigenvalue weighted by Gasteiger charge is 2.21. The van der Waals surface area contributed by atoms with Gasteiger partial charge in [0.2, 0.25) is 0 Å². The molecule has 1 heterocycles. The number of unbranched alkanes of at least 4 members (excludes halogenated alkanes) is 1. The third-order valence-corrected chi connectivity index (χ3v) is 6.10. The van der Waals surface area contributed by atoms with Gasteiger partial charge in [-0.3, -0.25) is 4.90 Å². The number of nitrogens with zero attached hydrogens (tertiary/aromatic N) is 1. The summed E-state index contributed by atoms with van der Waals surface area (Å²) in [4.78, 5) is 2.58. The van der Waals surface area contributed by atoms with Gasteiger partial charge in [0, 0.05) is 18.8 Å². The van der Waals surface area contributed by atoms with E-state index in [0.29, 0.717) is 0 Å². The number of hydrogen-bond acceptors (Lipinski definition) is 2. The van der Waals surface area contributed by atoms with Gasteiger partial charge in [0.15, 0.2) is 0 Å². The number of rotatable bonds is 6. The van der Waals surface area contributed by atoms with E-state index in [1.165, 1.54) is 60.2 Å². The maximum absolute atomic E-state index is 6.37. The number of nitrogens with two attached hydrogens (primary N) is 1. The van der Waals surface area contributed by atoms with E-state index in [4.69, 9.17) is 5.73 Å². The fourth-order valence-corrected chi connectivity index (χ4v) is 4.28. The first-order valence-corrected chi connectivity index (χ1v) is 10.2. The Labute approximate surface area is 159 Å². The molecule has 0 unspecified atom stereocenters. The Balaban J connectivity index is 1.48. The van der Waals surface area contributed by atoms with Crippen molar-refractivity contribution in [2.75, 3.05) is 19.6 Å². The molecule has 3 rings (SSSR count). The molecule has 0 aromatic carbocycles. The monoisotopic (exact) mass is 350 g/mol. The summed E-state index contributed by atoms with van der Waals surface area (Å²) in [6.45, 7) is 12.0. The molecule has 26 heavy (non-hydrogen) atoms. The van der Waals surface area contributed by atoms with E-state index in [-0.39, 0.29) is 0 Å². The second-order valence-electron chi connectivity index (χ2n) is 7.90. The van der Waals surface area contributed by atoms with Gasteiger partial charge in [-0.15, -0.1) is 0 Å². The zero-order valence-electron chi connectivity index (χ0n) is 16.6. The van der Waals surface area contributed by atoms with Crippen molar-refractivity contribution in [3.8, 4) is 0 Å². The van der Waals surface area contributed by atoms with Crippen LogP contribution in [0.25, 0.3) is 0 Å². The number of hydrogen-bond donors (Lipinski definition) is 1. The lowest BCUT2D eigenvalue weighted by atomic mass is 9.81. The van der Waals surface area contributed by atoms with Gasteiger partial charge in [0.25, 0.3) is 0 Å². The maximum Gasteiger partial charge on any atom is 0.0169 e. The average molecular weight is 351 g/mol. The van der Waals surface area contributed by atoms with Gasteiger partial charge in [-0.05, 0) is 82.1 Å². The van der Waals surface area contributed by atoms with E-state index >= 15 is 0 Å². The van der Waals surface area contributed by atoms with Crippen molar-refractivity contribution >= 4 is 0 Å². The molecule has 0 aromatic rings. The van der Waals surface area contributed by atoms with E-state index in [1.54, 1.807) is 5.57 Å². The summed E-state index contributed by atoms with van der Waals surface area (Å²) in [6.07, 6.45) is 17.0. The van der Waals surface area contributed by atoms with Crippen LogP contribution >= 0.6 is 0 Å². The summed E-state index contributed by atoms with van der Waals surface area (Å²) in [5.41, 5.74) is 16.1. The molecular formula is C24H34N2. The van der Waals surface area contributed by atoms with Crippen LogP contribution in [0.15, 0.2) is 70.0 Å². The molecule has 0 bridgehead atoms. The van der Waals surface area contributed by atoms with Gasteiger partial charge >= 0.3 is 0 Å². The second-order valence-corrected chi connectivity index (χ2v) is 7.90. The Bertz CT molecular complexity index is 712. The van der Waals surface area contributed by atoms with Crippen LogP contribution in [0.5, 0.6) is 0 Å². The van der Waals surface area contributed by atoms with Crippen LogP contribution in [0.3, 0.4) is 0 Å². The van der Waals surface area contributed by atoms with Gasteiger partial charge in [-0.2, -0.15) is 0 Å². The van der Waals surface area contributed by atoms with Crippen molar-refractivity contribution in [3.63, 3.8) is 0 Å². The topological polar surface area (TPSA) is 29.3 Å². The molecule has 0 aromatic heterocycles. The molecule has 1 aliphatic heterocycles. The van der Waals surface area contributed by atoms with Gasteiger partial charge in [0.1, 0.15) is 0 Å². The molecule has 2 heteroatoms. The number of allylic oxidation sites excluding steroid dienone is 9. The van der Waals surface area contributed by atoms with Crippen LogP contribution in [0.4, 0.5) is 0 Å². The summed E-state index contributed by atoms with van der Waals surface area (Å²) in [5, 5.41) is 0. The molecule has 2 nitrogen and oxygen atoms in total. The molecule has 2 aliphatic carbocycles. The lowest BCUT2D eigenvalue weighted by molar-refractivity contribution is 0.288. The Morgan fingerprint density at radius 2 is 2.08 bits per heavy atom. The van der Waals surface area contributed by atoms with Crippen molar-refractivity contribution in [1.29, 1.82) is 0 Å². The van der Waals surface area contributed by atoms with Gasteiger partial charge in [-0.1, -0.05) is 47.6 Å². The highest BCUT2D eigenvalue weighted by atomic mass is 15.1. The predicted molar refractivity (Wildman–Crippen MR) is 113 cm³/mol. The lowest BCUT2D eigenvalue weighted by Gasteiger charge is -2.28. The molecule has 0 saturated carbocycles. The molecule has 0 fully saturated rings. The van der Waals surface area contributed by atoms with E-state index in [2.05, 4.69) is 49.6 Å². The Morgan fingerprint density at radius 1 is 1.23 bits per heavy atom. The zero-order chi connectivity index (χ0) is 18.5. The van der Waals surface area contributed by atoms with Crippen LogP contribution in [-0.2, 0) is 0 Å². The van der Waals surface area contributed by atoms with Crippen LogP contribution in [-0.4, -0.2) is 24.5 Å². The quantitative estimate of drug-likeness (QED) is 0.634. The summed E-state index contributed by atoms with van der Waals surface area (Å²) in [6, 6.07) is 0. The molecule has 3 aliphatic rings. The van der Waals surface area contributed by atoms with Gasteiger partial charge < -0.3 is 5.73 Å². The second kappa shape index (κ2) is 8.73. The highest BCUT2D eigenvalue weighted by Crippen LogP contribution is 2.37. The fourth-order valence-electron chi connectivity index (χ4n) is 4.28. The average Bonchev–Trinajstić information content (AvgIpc) is 2.66. The maximum atomic E-state index is 6.37. The first-order valence-electron chi connectivity index (χ1n) is 10.2. The zero-order valence-corrected chi connectivity index (χ0v) is 16.6. The van der Waals surface area contributed by atoms with Gasteiger partial charge in [-0.25, -0.2) is 0 Å². The van der Waals surface area contributed by atoms with Crippen LogP contribution in [0.1, 0.15) is 58.8 Å². The smallest absolute Gasteiger partial charge is 0.0169 e. The fraction of sp³-hybridized carbons (Fsp3) is 0.500. The largest absolute Gasteiger partial charge is 0.402 e. The van der Waals surface area contributed by atoms with Crippen LogP contribution < -0.4 is 5.73 Å². The summed E-state index contributed by atoms with van der Waals surface area (Å²) < 4.78 is 0. The van der Waals surface area contributed by atoms with E-state index in [0.717, 1.165) is 37.9 Å². The molecule has 0 saturated heterocycles. The van der Waals surface area contributed by atoms with Crippen molar-refractivity contribution in [2.24, 2.45) is 5.73 Å². The van der Waals surface area contributed by atoms with Crippen LogP contribution in [0, 0.1) is 0 Å². The highest BCUT2D eigenvalue weighted by molar-refractivity contribution is 5.53.